The summed E-state index contributed by atoms with van der Waals surface area (Å²) in [5, 5.41) is 13.7. The van der Waals surface area contributed by atoms with Gasteiger partial charge in [-0.1, -0.05) is 37.8 Å². The fourth-order valence-electron chi connectivity index (χ4n) is 2.63. The van der Waals surface area contributed by atoms with Gasteiger partial charge in [0.05, 0.1) is 12.0 Å². The molecular weight excluding hydrogens is 244 g/mol. The van der Waals surface area contributed by atoms with Crippen molar-refractivity contribution in [3.63, 3.8) is 0 Å². The maximum atomic E-state index is 9.60. The first kappa shape index (κ1) is 14.5. The van der Waals surface area contributed by atoms with E-state index in [9.17, 15) is 5.11 Å². The van der Waals surface area contributed by atoms with Crippen molar-refractivity contribution in [3.8, 4) is 0 Å². The second kappa shape index (κ2) is 6.01. The number of aromatic nitrogens is 2. The van der Waals surface area contributed by atoms with Crippen LogP contribution >= 0.6 is 0 Å². The molecule has 1 N–H and O–H groups in total. The summed E-state index contributed by atoms with van der Waals surface area (Å²) in [7, 11) is 1.72. The summed E-state index contributed by atoms with van der Waals surface area (Å²) in [6.07, 6.45) is 6.10. The van der Waals surface area contributed by atoms with Gasteiger partial charge in [0.25, 0.3) is 0 Å². The largest absolute Gasteiger partial charge is 0.393 e. The zero-order valence-electron chi connectivity index (χ0n) is 12.1. The lowest BCUT2D eigenvalue weighted by Crippen LogP contribution is -2.29. The molecule has 0 amide bonds. The Morgan fingerprint density at radius 3 is 2.37 bits per heavy atom. The van der Waals surface area contributed by atoms with E-state index in [2.05, 4.69) is 10.1 Å². The monoisotopic (exact) mass is 268 g/mol. The summed E-state index contributed by atoms with van der Waals surface area (Å²) >= 11 is 0. The Balaban J connectivity index is 2.23. The highest BCUT2D eigenvalue weighted by atomic mass is 16.5. The van der Waals surface area contributed by atoms with Crippen LogP contribution in [0.4, 0.5) is 0 Å². The second-order valence-corrected chi connectivity index (χ2v) is 5.60. The van der Waals surface area contributed by atoms with Crippen LogP contribution in [0.2, 0.25) is 0 Å². The van der Waals surface area contributed by atoms with Crippen LogP contribution in [0, 0.1) is 0 Å². The molecule has 1 fully saturated rings. The zero-order chi connectivity index (χ0) is 13.9. The smallest absolute Gasteiger partial charge is 0.232 e. The number of hydrogen-bond acceptors (Lipinski definition) is 5. The fraction of sp³-hybridized carbons (Fsp3) is 0.857. The maximum Gasteiger partial charge on any atom is 0.232 e. The van der Waals surface area contributed by atoms with Crippen molar-refractivity contribution in [1.29, 1.82) is 0 Å². The minimum absolute atomic E-state index is 0.152. The first-order valence-electron chi connectivity index (χ1n) is 7.16. The standard InChI is InChI=1S/C14H24N2O3/c1-10(11(2)17)12-15-13(16-19-12)14(18-3)8-6-4-5-7-9-14/h10-11,17H,4-9H2,1-3H3. The molecule has 1 heterocycles. The molecule has 1 aromatic heterocycles. The van der Waals surface area contributed by atoms with Gasteiger partial charge in [-0.25, -0.2) is 0 Å². The van der Waals surface area contributed by atoms with Crippen molar-refractivity contribution in [2.45, 2.75) is 70.0 Å². The molecule has 0 spiro atoms. The summed E-state index contributed by atoms with van der Waals surface area (Å²) in [6, 6.07) is 0. The Labute approximate surface area is 114 Å². The minimum Gasteiger partial charge on any atom is -0.393 e. The Morgan fingerprint density at radius 1 is 1.21 bits per heavy atom. The SMILES string of the molecule is COC1(c2noc(C(C)C(C)O)n2)CCCCCC1. The molecule has 1 aromatic rings. The van der Waals surface area contributed by atoms with Crippen molar-refractivity contribution < 1.29 is 14.4 Å². The molecule has 19 heavy (non-hydrogen) atoms. The molecule has 1 saturated carbocycles. The third kappa shape index (κ3) is 2.98. The summed E-state index contributed by atoms with van der Waals surface area (Å²) in [5.74, 6) is 0.978. The molecule has 2 rings (SSSR count). The molecule has 0 radical (unpaired) electrons. The summed E-state index contributed by atoms with van der Waals surface area (Å²) in [6.45, 7) is 3.61. The molecule has 1 aliphatic rings. The molecule has 0 bridgehead atoms. The topological polar surface area (TPSA) is 68.4 Å². The van der Waals surface area contributed by atoms with Crippen LogP contribution in [0.25, 0.3) is 0 Å². The minimum atomic E-state index is -0.499. The van der Waals surface area contributed by atoms with Crippen LogP contribution in [0.15, 0.2) is 4.52 Å². The lowest BCUT2D eigenvalue weighted by Gasteiger charge is -2.27. The van der Waals surface area contributed by atoms with E-state index in [-0.39, 0.29) is 5.92 Å². The van der Waals surface area contributed by atoms with Gasteiger partial charge in [0.15, 0.2) is 0 Å². The summed E-state index contributed by atoms with van der Waals surface area (Å²) in [4.78, 5) is 4.48. The molecule has 2 unspecified atom stereocenters. The molecule has 0 saturated heterocycles. The number of nitrogens with zero attached hydrogens (tertiary/aromatic N) is 2. The molecule has 0 aliphatic heterocycles. The van der Waals surface area contributed by atoms with Gasteiger partial charge in [0.1, 0.15) is 5.60 Å². The Kier molecular flexibility index (Phi) is 4.58. The molecule has 5 nitrogen and oxygen atoms in total. The van der Waals surface area contributed by atoms with Crippen molar-refractivity contribution in [2.75, 3.05) is 7.11 Å². The van der Waals surface area contributed by atoms with Crippen LogP contribution in [0.1, 0.15) is 70.0 Å². The molecule has 108 valence electrons. The zero-order valence-corrected chi connectivity index (χ0v) is 12.1. The molecule has 2 atom stereocenters. The summed E-state index contributed by atoms with van der Waals surface area (Å²) < 4.78 is 11.1. The highest BCUT2D eigenvalue weighted by Gasteiger charge is 2.38. The number of hydrogen-bond donors (Lipinski definition) is 1. The first-order valence-corrected chi connectivity index (χ1v) is 7.16. The number of ether oxygens (including phenoxy) is 1. The summed E-state index contributed by atoms with van der Waals surface area (Å²) in [5.41, 5.74) is -0.406. The Morgan fingerprint density at radius 2 is 1.84 bits per heavy atom. The van der Waals surface area contributed by atoms with E-state index in [4.69, 9.17) is 9.26 Å². The molecule has 5 heteroatoms. The predicted molar refractivity (Wildman–Crippen MR) is 70.8 cm³/mol. The van der Waals surface area contributed by atoms with Crippen molar-refractivity contribution in [1.82, 2.24) is 10.1 Å². The third-order valence-corrected chi connectivity index (χ3v) is 4.26. The van der Waals surface area contributed by atoms with Gasteiger partial charge < -0.3 is 14.4 Å². The predicted octanol–water partition coefficient (Wildman–Crippen LogP) is 2.75. The molecular formula is C14H24N2O3. The van der Waals surface area contributed by atoms with E-state index in [0.717, 1.165) is 25.7 Å². The molecule has 0 aromatic carbocycles. The highest BCUT2D eigenvalue weighted by Crippen LogP contribution is 2.37. The molecule has 1 aliphatic carbocycles. The Bertz CT molecular complexity index is 395. The van der Waals surface area contributed by atoms with Crippen LogP contribution < -0.4 is 0 Å². The van der Waals surface area contributed by atoms with Gasteiger partial charge in [-0.05, 0) is 19.8 Å². The van der Waals surface area contributed by atoms with E-state index >= 15 is 0 Å². The van der Waals surface area contributed by atoms with Gasteiger partial charge in [-0.2, -0.15) is 4.98 Å². The average molecular weight is 268 g/mol. The lowest BCUT2D eigenvalue weighted by molar-refractivity contribution is -0.0365. The van der Waals surface area contributed by atoms with Gasteiger partial charge >= 0.3 is 0 Å². The van der Waals surface area contributed by atoms with Gasteiger partial charge in [0, 0.05) is 7.11 Å². The number of methoxy groups -OCH3 is 1. The number of aliphatic hydroxyl groups excluding tert-OH is 1. The van der Waals surface area contributed by atoms with Crippen molar-refractivity contribution in [2.24, 2.45) is 0 Å². The van der Waals surface area contributed by atoms with E-state index in [1.165, 1.54) is 12.8 Å². The first-order chi connectivity index (χ1) is 9.09. The van der Waals surface area contributed by atoms with E-state index in [1.807, 2.05) is 6.92 Å². The van der Waals surface area contributed by atoms with Crippen LogP contribution in [0.3, 0.4) is 0 Å². The number of rotatable bonds is 4. The lowest BCUT2D eigenvalue weighted by atomic mass is 9.93. The Hall–Kier alpha value is -0.940. The van der Waals surface area contributed by atoms with Gasteiger partial charge in [-0.3, -0.25) is 0 Å². The van der Waals surface area contributed by atoms with E-state index < -0.39 is 11.7 Å². The van der Waals surface area contributed by atoms with E-state index in [0.29, 0.717) is 11.7 Å². The fourth-order valence-corrected chi connectivity index (χ4v) is 2.63. The van der Waals surface area contributed by atoms with Gasteiger partial charge in [0.2, 0.25) is 11.7 Å². The van der Waals surface area contributed by atoms with Crippen LogP contribution in [-0.4, -0.2) is 28.5 Å². The normalized spacial score (nSPS) is 22.7. The van der Waals surface area contributed by atoms with Crippen LogP contribution in [-0.2, 0) is 10.3 Å². The maximum absolute atomic E-state index is 9.60. The third-order valence-electron chi connectivity index (χ3n) is 4.26. The quantitative estimate of drug-likeness (QED) is 0.850. The highest BCUT2D eigenvalue weighted by molar-refractivity contribution is 5.05. The van der Waals surface area contributed by atoms with Crippen molar-refractivity contribution >= 4 is 0 Å². The van der Waals surface area contributed by atoms with Gasteiger partial charge in [-0.15, -0.1) is 0 Å². The van der Waals surface area contributed by atoms with Crippen LogP contribution in [0.5, 0.6) is 0 Å². The van der Waals surface area contributed by atoms with Crippen molar-refractivity contribution in [3.05, 3.63) is 11.7 Å². The van der Waals surface area contributed by atoms with E-state index in [1.54, 1.807) is 14.0 Å². The average Bonchev–Trinajstić information content (AvgIpc) is 2.77. The number of aliphatic hydroxyl groups is 1. The second-order valence-electron chi connectivity index (χ2n) is 5.60.